The van der Waals surface area contributed by atoms with Gasteiger partial charge in [-0.1, -0.05) is 154 Å². The van der Waals surface area contributed by atoms with Crippen LogP contribution in [0.3, 0.4) is 0 Å². The van der Waals surface area contributed by atoms with Crippen molar-refractivity contribution in [3.63, 3.8) is 0 Å². The van der Waals surface area contributed by atoms with E-state index in [-0.39, 0.29) is 11.4 Å². The maximum absolute atomic E-state index is 13.0. The van der Waals surface area contributed by atoms with Gasteiger partial charge in [-0.2, -0.15) is 0 Å². The SMILES string of the molecule is C#C[C@]1(OC(=O)/C=C/CCCCCCCCCCCCCCCCCCCCC)CC[C@H]2[C@@H]3CCC4CC=CC[C@@H]4[C@H]3CC[C@@]21C. The Morgan fingerprint density at radius 3 is 1.87 bits per heavy atom. The summed E-state index contributed by atoms with van der Waals surface area (Å²) >= 11 is 0. The van der Waals surface area contributed by atoms with Crippen LogP contribution in [0.25, 0.3) is 0 Å². The summed E-state index contributed by atoms with van der Waals surface area (Å²) in [6.45, 7) is 4.66. The molecule has 260 valence electrons. The monoisotopic (exact) mass is 633 g/mol. The van der Waals surface area contributed by atoms with E-state index >= 15 is 0 Å². The van der Waals surface area contributed by atoms with E-state index in [1.165, 1.54) is 148 Å². The molecule has 0 aromatic carbocycles. The predicted octanol–water partition coefficient (Wildman–Crippen LogP) is 13.1. The number of rotatable bonds is 22. The standard InChI is InChI=1S/C44H72O2/c1-4-6-7-8-9-10-11-12-13-14-15-16-17-18-19-20-21-22-23-24-25-30-42(45)46-44(5-2)36-34-41-40-32-31-37-28-26-27-29-38(37)39(40)33-35-43(41,44)3/h2,25-27,30,37-41H,4,6-24,28-29,31-36H2,1,3H3/b30-25+/t37?,38-,39+,40+,41-,43-,44-/m0/s1. The van der Waals surface area contributed by atoms with E-state index in [4.69, 9.17) is 11.2 Å². The Kier molecular flexibility index (Phi) is 16.3. The molecule has 0 aromatic rings. The van der Waals surface area contributed by atoms with Crippen molar-refractivity contribution in [3.05, 3.63) is 24.3 Å². The third kappa shape index (κ3) is 10.3. The Bertz CT molecular complexity index is 971. The van der Waals surface area contributed by atoms with Crippen LogP contribution in [0.4, 0.5) is 0 Å². The van der Waals surface area contributed by atoms with Crippen molar-refractivity contribution in [2.75, 3.05) is 0 Å². The highest BCUT2D eigenvalue weighted by molar-refractivity contribution is 5.82. The average Bonchev–Trinajstić information content (AvgIpc) is 3.37. The second-order valence-electron chi connectivity index (χ2n) is 16.3. The second kappa shape index (κ2) is 20.1. The molecular formula is C44H72O2. The van der Waals surface area contributed by atoms with Gasteiger partial charge in [0.15, 0.2) is 5.60 Å². The zero-order valence-electron chi connectivity index (χ0n) is 30.4. The summed E-state index contributed by atoms with van der Waals surface area (Å²) in [6.07, 6.45) is 51.9. The van der Waals surface area contributed by atoms with E-state index in [2.05, 4.69) is 31.9 Å². The number of esters is 1. The van der Waals surface area contributed by atoms with Crippen molar-refractivity contribution >= 4 is 5.97 Å². The highest BCUT2D eigenvalue weighted by Gasteiger charge is 2.64. The molecule has 3 saturated carbocycles. The van der Waals surface area contributed by atoms with Crippen LogP contribution in [0.1, 0.15) is 194 Å². The lowest BCUT2D eigenvalue weighted by Crippen LogP contribution is -2.54. The van der Waals surface area contributed by atoms with Crippen LogP contribution in [-0.2, 0) is 9.53 Å². The van der Waals surface area contributed by atoms with Gasteiger partial charge in [0.05, 0.1) is 0 Å². The molecule has 0 saturated heterocycles. The lowest BCUT2D eigenvalue weighted by molar-refractivity contribution is -0.165. The topological polar surface area (TPSA) is 26.3 Å². The predicted molar refractivity (Wildman–Crippen MR) is 196 cm³/mol. The van der Waals surface area contributed by atoms with Crippen LogP contribution in [0.15, 0.2) is 24.3 Å². The molecule has 0 radical (unpaired) electrons. The Morgan fingerprint density at radius 2 is 1.28 bits per heavy atom. The van der Waals surface area contributed by atoms with Crippen LogP contribution in [-0.4, -0.2) is 11.6 Å². The highest BCUT2D eigenvalue weighted by Crippen LogP contribution is 2.65. The van der Waals surface area contributed by atoms with Gasteiger partial charge in [0.1, 0.15) is 0 Å². The van der Waals surface area contributed by atoms with Gasteiger partial charge in [-0.05, 0) is 93.8 Å². The fourth-order valence-electron chi connectivity index (χ4n) is 10.6. The van der Waals surface area contributed by atoms with Crippen molar-refractivity contribution in [3.8, 4) is 12.3 Å². The van der Waals surface area contributed by atoms with Crippen LogP contribution < -0.4 is 0 Å². The first kappa shape index (κ1) is 37.3. The minimum atomic E-state index is -0.736. The first-order chi connectivity index (χ1) is 22.5. The summed E-state index contributed by atoms with van der Waals surface area (Å²) in [5.41, 5.74) is -0.822. The number of carbonyl (C=O) groups excluding carboxylic acids is 1. The molecule has 46 heavy (non-hydrogen) atoms. The fourth-order valence-corrected chi connectivity index (χ4v) is 10.6. The largest absolute Gasteiger partial charge is 0.442 e. The number of ether oxygens (including phenoxy) is 1. The summed E-state index contributed by atoms with van der Waals surface area (Å²) in [5, 5.41) is 0. The Hall–Kier alpha value is -1.49. The van der Waals surface area contributed by atoms with Gasteiger partial charge in [0.25, 0.3) is 0 Å². The lowest BCUT2D eigenvalue weighted by atomic mass is 9.49. The van der Waals surface area contributed by atoms with Gasteiger partial charge in [0, 0.05) is 11.5 Å². The smallest absolute Gasteiger partial charge is 0.331 e. The van der Waals surface area contributed by atoms with Crippen LogP contribution in [0.2, 0.25) is 0 Å². The van der Waals surface area contributed by atoms with Crippen molar-refractivity contribution in [2.45, 2.75) is 199 Å². The molecule has 4 aliphatic carbocycles. The lowest BCUT2D eigenvalue weighted by Gasteiger charge is -2.56. The number of carbonyl (C=O) groups is 1. The van der Waals surface area contributed by atoms with Gasteiger partial charge in [-0.15, -0.1) is 6.42 Å². The minimum Gasteiger partial charge on any atom is -0.442 e. The highest BCUT2D eigenvalue weighted by atomic mass is 16.6. The number of hydrogen-bond acceptors (Lipinski definition) is 2. The molecule has 0 amide bonds. The molecule has 0 bridgehead atoms. The third-order valence-electron chi connectivity index (χ3n) is 13.4. The van der Waals surface area contributed by atoms with Crippen LogP contribution in [0, 0.1) is 47.3 Å². The molecule has 0 N–H and O–H groups in total. The molecule has 2 heteroatoms. The zero-order valence-corrected chi connectivity index (χ0v) is 30.4. The Morgan fingerprint density at radius 1 is 0.717 bits per heavy atom. The van der Waals surface area contributed by atoms with E-state index in [0.29, 0.717) is 5.92 Å². The average molecular weight is 633 g/mol. The van der Waals surface area contributed by atoms with Gasteiger partial charge in [-0.25, -0.2) is 4.79 Å². The molecule has 3 fully saturated rings. The van der Waals surface area contributed by atoms with Gasteiger partial charge in [0.2, 0.25) is 0 Å². The molecule has 2 nitrogen and oxygen atoms in total. The first-order valence-electron chi connectivity index (χ1n) is 20.6. The maximum atomic E-state index is 13.0. The van der Waals surface area contributed by atoms with E-state index in [1.807, 2.05) is 6.08 Å². The molecule has 7 atom stereocenters. The van der Waals surface area contributed by atoms with Gasteiger partial charge in [-0.3, -0.25) is 0 Å². The van der Waals surface area contributed by atoms with Crippen molar-refractivity contribution in [1.82, 2.24) is 0 Å². The summed E-state index contributed by atoms with van der Waals surface area (Å²) < 4.78 is 6.28. The van der Waals surface area contributed by atoms with Gasteiger partial charge < -0.3 is 4.74 Å². The summed E-state index contributed by atoms with van der Waals surface area (Å²) in [6, 6.07) is 0. The molecule has 1 unspecified atom stereocenters. The second-order valence-corrected chi connectivity index (χ2v) is 16.3. The number of unbranched alkanes of at least 4 members (excludes halogenated alkanes) is 19. The van der Waals surface area contributed by atoms with E-state index in [0.717, 1.165) is 55.8 Å². The van der Waals surface area contributed by atoms with E-state index in [1.54, 1.807) is 6.08 Å². The quantitative estimate of drug-likeness (QED) is 0.0390. The normalized spacial score (nSPS) is 31.7. The van der Waals surface area contributed by atoms with Crippen LogP contribution >= 0.6 is 0 Å². The first-order valence-corrected chi connectivity index (χ1v) is 20.6. The fraction of sp³-hybridized carbons (Fsp3) is 0.841. The van der Waals surface area contributed by atoms with E-state index in [9.17, 15) is 4.79 Å². The molecule has 0 spiro atoms. The zero-order chi connectivity index (χ0) is 32.5. The molecule has 0 heterocycles. The third-order valence-corrected chi connectivity index (χ3v) is 13.4. The summed E-state index contributed by atoms with van der Waals surface area (Å²) in [5.74, 6) is 6.80. The molecule has 0 aliphatic heterocycles. The molecule has 4 rings (SSSR count). The molecular weight excluding hydrogens is 560 g/mol. The number of fused-ring (bicyclic) bond motifs is 5. The Labute approximate surface area is 285 Å². The van der Waals surface area contributed by atoms with Crippen molar-refractivity contribution in [2.24, 2.45) is 35.0 Å². The van der Waals surface area contributed by atoms with Crippen molar-refractivity contribution in [1.29, 1.82) is 0 Å². The number of allylic oxidation sites excluding steroid dienone is 3. The van der Waals surface area contributed by atoms with Crippen LogP contribution in [0.5, 0.6) is 0 Å². The van der Waals surface area contributed by atoms with Gasteiger partial charge >= 0.3 is 5.97 Å². The minimum absolute atomic E-state index is 0.0866. The maximum Gasteiger partial charge on any atom is 0.331 e. The summed E-state index contributed by atoms with van der Waals surface area (Å²) in [4.78, 5) is 13.0. The van der Waals surface area contributed by atoms with Crippen molar-refractivity contribution < 1.29 is 9.53 Å². The number of hydrogen-bond donors (Lipinski definition) is 0. The molecule has 4 aliphatic rings. The number of terminal acetylenes is 1. The summed E-state index contributed by atoms with van der Waals surface area (Å²) in [7, 11) is 0. The van der Waals surface area contributed by atoms with E-state index < -0.39 is 5.60 Å². The molecule has 0 aromatic heterocycles. The Balaban J connectivity index is 1.01.